The van der Waals surface area contributed by atoms with Crippen LogP contribution in [0.5, 0.6) is 0 Å². The molecule has 1 aliphatic heterocycles. The van der Waals surface area contributed by atoms with Crippen molar-refractivity contribution in [3.63, 3.8) is 0 Å². The molecule has 0 N–H and O–H groups in total. The van der Waals surface area contributed by atoms with Crippen LogP contribution in [0.1, 0.15) is 72.1 Å². The van der Waals surface area contributed by atoms with Gasteiger partial charge in [0.05, 0.1) is 18.1 Å². The van der Waals surface area contributed by atoms with Gasteiger partial charge in [-0.15, -0.1) is 0 Å². The molecular weight excluding hydrogens is 288 g/mol. The molecule has 0 radical (unpaired) electrons. The van der Waals surface area contributed by atoms with Crippen molar-refractivity contribution >= 4 is 5.97 Å². The second kappa shape index (κ2) is 5.75. The minimum absolute atomic E-state index is 0.0303. The molecule has 0 spiro atoms. The first-order chi connectivity index (χ1) is 11.0. The van der Waals surface area contributed by atoms with Gasteiger partial charge in [0.2, 0.25) is 0 Å². The lowest BCUT2D eigenvalue weighted by Gasteiger charge is -2.59. The third kappa shape index (κ3) is 2.54. The zero-order valence-corrected chi connectivity index (χ0v) is 14.9. The van der Waals surface area contributed by atoms with E-state index < -0.39 is 0 Å². The molecule has 3 atom stereocenters. The fourth-order valence-corrected chi connectivity index (χ4v) is 6.30. The van der Waals surface area contributed by atoms with Crippen LogP contribution in [0.4, 0.5) is 0 Å². The summed E-state index contributed by atoms with van der Waals surface area (Å²) < 4.78 is 12.3. The van der Waals surface area contributed by atoms with Crippen molar-refractivity contribution in [2.45, 2.75) is 89.9 Å². The number of carbonyl (C=O) groups is 1. The number of carbonyl (C=O) groups excluding carboxylic acids is 1. The van der Waals surface area contributed by atoms with Crippen molar-refractivity contribution in [3.8, 4) is 0 Å². The van der Waals surface area contributed by atoms with Gasteiger partial charge in [0.15, 0.2) is 0 Å². The standard InChI is InChI=1S/C20H32O3/c1-4-16-11-17(18(5-2)22-16)19(21)23-20(3)14-7-12-6-13(9-14)10-15(20)8-12/h12-18H,4-11H2,1-3H3. The quantitative estimate of drug-likeness (QED) is 0.723. The Kier molecular flexibility index (Phi) is 3.98. The summed E-state index contributed by atoms with van der Waals surface area (Å²) in [7, 11) is 0. The molecule has 0 aromatic rings. The van der Waals surface area contributed by atoms with Crippen LogP contribution in [0.25, 0.3) is 0 Å². The lowest BCUT2D eigenvalue weighted by atomic mass is 9.50. The number of hydrogen-bond acceptors (Lipinski definition) is 3. The summed E-state index contributed by atoms with van der Waals surface area (Å²) in [4.78, 5) is 13.0. The van der Waals surface area contributed by atoms with Gasteiger partial charge < -0.3 is 9.47 Å². The van der Waals surface area contributed by atoms with Gasteiger partial charge in [-0.2, -0.15) is 0 Å². The predicted molar refractivity (Wildman–Crippen MR) is 88.9 cm³/mol. The largest absolute Gasteiger partial charge is 0.458 e. The summed E-state index contributed by atoms with van der Waals surface area (Å²) in [5, 5.41) is 0. The summed E-state index contributed by atoms with van der Waals surface area (Å²) >= 11 is 0. The van der Waals surface area contributed by atoms with Crippen molar-refractivity contribution < 1.29 is 14.3 Å². The van der Waals surface area contributed by atoms with Gasteiger partial charge in [0, 0.05) is 0 Å². The van der Waals surface area contributed by atoms with Crippen molar-refractivity contribution in [1.29, 1.82) is 0 Å². The van der Waals surface area contributed by atoms with Crippen LogP contribution in [-0.4, -0.2) is 23.8 Å². The predicted octanol–water partition coefficient (Wildman–Crippen LogP) is 4.34. The van der Waals surface area contributed by atoms with Crippen molar-refractivity contribution in [2.24, 2.45) is 29.6 Å². The molecule has 130 valence electrons. The summed E-state index contributed by atoms with van der Waals surface area (Å²) in [6, 6.07) is 0. The summed E-state index contributed by atoms with van der Waals surface area (Å²) in [5.41, 5.74) is -0.201. The molecule has 0 aromatic carbocycles. The van der Waals surface area contributed by atoms with Crippen molar-refractivity contribution in [3.05, 3.63) is 0 Å². The van der Waals surface area contributed by atoms with Gasteiger partial charge in [-0.3, -0.25) is 4.79 Å². The van der Waals surface area contributed by atoms with E-state index in [0.717, 1.165) is 31.1 Å². The molecule has 1 heterocycles. The highest BCUT2D eigenvalue weighted by Gasteiger charge is 2.57. The zero-order chi connectivity index (χ0) is 16.2. The van der Waals surface area contributed by atoms with Crippen LogP contribution < -0.4 is 0 Å². The monoisotopic (exact) mass is 320 g/mol. The Labute approximate surface area is 140 Å². The summed E-state index contributed by atoms with van der Waals surface area (Å²) in [6.45, 7) is 6.50. The molecule has 1 saturated heterocycles. The Balaban J connectivity index is 1.48. The first-order valence-electron chi connectivity index (χ1n) is 9.91. The Morgan fingerprint density at radius 2 is 1.61 bits per heavy atom. The molecule has 4 aliphatic carbocycles. The van der Waals surface area contributed by atoms with E-state index in [9.17, 15) is 4.79 Å². The van der Waals surface area contributed by atoms with Gasteiger partial charge in [-0.1, -0.05) is 13.8 Å². The third-order valence-corrected chi connectivity index (χ3v) is 7.57. The maximum absolute atomic E-state index is 13.0. The number of rotatable bonds is 4. The molecule has 0 aromatic heterocycles. The van der Waals surface area contributed by atoms with E-state index in [1.807, 2.05) is 0 Å². The van der Waals surface area contributed by atoms with Crippen LogP contribution in [0.2, 0.25) is 0 Å². The fraction of sp³-hybridized carbons (Fsp3) is 0.950. The van der Waals surface area contributed by atoms with E-state index >= 15 is 0 Å². The maximum Gasteiger partial charge on any atom is 0.312 e. The third-order valence-electron chi connectivity index (χ3n) is 7.57. The van der Waals surface area contributed by atoms with E-state index in [2.05, 4.69) is 20.8 Å². The summed E-state index contributed by atoms with van der Waals surface area (Å²) in [6.07, 6.45) is 9.63. The van der Waals surface area contributed by atoms with E-state index in [1.54, 1.807) is 0 Å². The minimum Gasteiger partial charge on any atom is -0.458 e. The Hall–Kier alpha value is -0.570. The first kappa shape index (κ1) is 15.9. The second-order valence-corrected chi connectivity index (χ2v) is 8.86. The number of esters is 1. The average molecular weight is 320 g/mol. The molecule has 5 rings (SSSR count). The van der Waals surface area contributed by atoms with Gasteiger partial charge in [0.25, 0.3) is 0 Å². The molecule has 5 fully saturated rings. The van der Waals surface area contributed by atoms with Crippen LogP contribution >= 0.6 is 0 Å². The van der Waals surface area contributed by atoms with Crippen LogP contribution in [0, 0.1) is 29.6 Å². The smallest absolute Gasteiger partial charge is 0.312 e. The normalized spacial score (nSPS) is 51.2. The topological polar surface area (TPSA) is 35.5 Å². The summed E-state index contributed by atoms with van der Waals surface area (Å²) in [5.74, 6) is 3.01. The number of hydrogen-bond donors (Lipinski definition) is 0. The highest BCUT2D eigenvalue weighted by atomic mass is 16.6. The molecular formula is C20H32O3. The highest BCUT2D eigenvalue weighted by Crippen LogP contribution is 2.59. The van der Waals surface area contributed by atoms with E-state index in [-0.39, 0.29) is 29.7 Å². The maximum atomic E-state index is 13.0. The van der Waals surface area contributed by atoms with Gasteiger partial charge in [0.1, 0.15) is 5.60 Å². The first-order valence-corrected chi connectivity index (χ1v) is 9.91. The lowest BCUT2D eigenvalue weighted by molar-refractivity contribution is -0.208. The van der Waals surface area contributed by atoms with Crippen molar-refractivity contribution in [1.82, 2.24) is 0 Å². The minimum atomic E-state index is -0.201. The van der Waals surface area contributed by atoms with Gasteiger partial charge in [-0.25, -0.2) is 0 Å². The molecule has 4 bridgehead atoms. The second-order valence-electron chi connectivity index (χ2n) is 8.86. The van der Waals surface area contributed by atoms with Gasteiger partial charge >= 0.3 is 5.97 Å². The van der Waals surface area contributed by atoms with E-state index in [0.29, 0.717) is 11.8 Å². The Morgan fingerprint density at radius 3 is 2.13 bits per heavy atom. The van der Waals surface area contributed by atoms with E-state index in [4.69, 9.17) is 9.47 Å². The molecule has 4 saturated carbocycles. The fourth-order valence-electron chi connectivity index (χ4n) is 6.30. The Bertz CT molecular complexity index is 444. The van der Waals surface area contributed by atoms with Crippen molar-refractivity contribution in [2.75, 3.05) is 0 Å². The van der Waals surface area contributed by atoms with Gasteiger partial charge in [-0.05, 0) is 82.0 Å². The molecule has 3 unspecified atom stereocenters. The molecule has 23 heavy (non-hydrogen) atoms. The lowest BCUT2D eigenvalue weighted by Crippen LogP contribution is -2.58. The van der Waals surface area contributed by atoms with Crippen LogP contribution in [0.3, 0.4) is 0 Å². The molecule has 5 aliphatic rings. The Morgan fingerprint density at radius 1 is 1.00 bits per heavy atom. The molecule has 3 heteroatoms. The zero-order valence-electron chi connectivity index (χ0n) is 14.9. The molecule has 3 nitrogen and oxygen atoms in total. The highest BCUT2D eigenvalue weighted by molar-refractivity contribution is 5.74. The average Bonchev–Trinajstić information content (AvgIpc) is 2.96. The van der Waals surface area contributed by atoms with Crippen LogP contribution in [-0.2, 0) is 14.3 Å². The van der Waals surface area contributed by atoms with E-state index in [1.165, 1.54) is 32.1 Å². The SMILES string of the molecule is CCC1CC(C(=O)OC2(C)C3CC4CC(C3)CC2C4)C(CC)O1. The van der Waals surface area contributed by atoms with Crippen LogP contribution in [0.15, 0.2) is 0 Å². The number of ether oxygens (including phenoxy) is 2. The molecule has 0 amide bonds.